The number of aliphatic hydroxyl groups is 1. The van der Waals surface area contributed by atoms with Crippen LogP contribution in [0.4, 0.5) is 0 Å². The van der Waals surface area contributed by atoms with Crippen molar-refractivity contribution in [3.63, 3.8) is 0 Å². The van der Waals surface area contributed by atoms with Gasteiger partial charge in [-0.05, 0) is 40.4 Å². The molecule has 1 N–H and O–H groups in total. The van der Waals surface area contributed by atoms with Crippen LogP contribution in [-0.4, -0.2) is 10.1 Å². The minimum atomic E-state index is -0.648. The summed E-state index contributed by atoms with van der Waals surface area (Å²) in [6.45, 7) is 1.92. The maximum atomic E-state index is 10.1. The van der Waals surface area contributed by atoms with Gasteiger partial charge in [0.05, 0.1) is 5.69 Å². The summed E-state index contributed by atoms with van der Waals surface area (Å²) in [5.41, 5.74) is 2.48. The fourth-order valence-electron chi connectivity index (χ4n) is 1.36. The molecule has 1 unspecified atom stereocenters. The number of halogens is 1. The average Bonchev–Trinajstić information content (AvgIpc) is 2.63. The van der Waals surface area contributed by atoms with Crippen molar-refractivity contribution in [3.05, 3.63) is 50.4 Å². The lowest BCUT2D eigenvalue weighted by atomic mass is 10.1. The third-order valence-corrected chi connectivity index (χ3v) is 3.88. The summed E-state index contributed by atoms with van der Waals surface area (Å²) in [6, 6.07) is 5.65. The number of aromatic nitrogens is 1. The molecule has 2 aromatic heterocycles. The Kier molecular flexibility index (Phi) is 3.19. The molecule has 0 spiro atoms. The number of pyridine rings is 1. The van der Waals surface area contributed by atoms with Crippen LogP contribution in [0.15, 0.2) is 33.4 Å². The van der Waals surface area contributed by atoms with Gasteiger partial charge >= 0.3 is 0 Å². The Balaban J connectivity index is 2.36. The van der Waals surface area contributed by atoms with E-state index in [0.717, 1.165) is 15.7 Å². The van der Waals surface area contributed by atoms with E-state index in [1.807, 2.05) is 35.9 Å². The minimum absolute atomic E-state index is 0.648. The van der Waals surface area contributed by atoms with Crippen molar-refractivity contribution in [2.45, 2.75) is 13.0 Å². The second-order valence-corrected chi connectivity index (χ2v) is 4.88. The number of rotatable bonds is 2. The second-order valence-electron chi connectivity index (χ2n) is 3.28. The lowest BCUT2D eigenvalue weighted by molar-refractivity contribution is 0.215. The number of aliphatic hydroxyl groups excluding tert-OH is 1. The van der Waals surface area contributed by atoms with Gasteiger partial charge in [-0.15, -0.1) is 0 Å². The Hall–Kier alpha value is -0.710. The summed E-state index contributed by atoms with van der Waals surface area (Å²) in [7, 11) is 0. The largest absolute Gasteiger partial charge is 0.382 e. The molecular formula is C11H10BrNOS. The summed E-state index contributed by atoms with van der Waals surface area (Å²) >= 11 is 4.96. The van der Waals surface area contributed by atoms with E-state index < -0.39 is 6.10 Å². The maximum Gasteiger partial charge on any atom is 0.123 e. The van der Waals surface area contributed by atoms with E-state index in [4.69, 9.17) is 0 Å². The molecule has 0 aliphatic rings. The van der Waals surface area contributed by atoms with Gasteiger partial charge < -0.3 is 5.11 Å². The van der Waals surface area contributed by atoms with Crippen LogP contribution in [0.3, 0.4) is 0 Å². The molecule has 0 bridgehead atoms. The Labute approximate surface area is 101 Å². The molecule has 78 valence electrons. The monoisotopic (exact) mass is 283 g/mol. The van der Waals surface area contributed by atoms with E-state index in [9.17, 15) is 5.11 Å². The van der Waals surface area contributed by atoms with Gasteiger partial charge in [0.25, 0.3) is 0 Å². The van der Waals surface area contributed by atoms with Gasteiger partial charge in [-0.25, -0.2) is 0 Å². The Morgan fingerprint density at radius 1 is 1.40 bits per heavy atom. The van der Waals surface area contributed by atoms with Crippen LogP contribution in [-0.2, 0) is 0 Å². The molecule has 2 aromatic rings. The number of hydrogen-bond acceptors (Lipinski definition) is 3. The predicted molar refractivity (Wildman–Crippen MR) is 65.1 cm³/mol. The van der Waals surface area contributed by atoms with Crippen molar-refractivity contribution < 1.29 is 5.11 Å². The van der Waals surface area contributed by atoms with Gasteiger partial charge in [0.15, 0.2) is 0 Å². The zero-order valence-electron chi connectivity index (χ0n) is 8.14. The van der Waals surface area contributed by atoms with Crippen molar-refractivity contribution >= 4 is 27.3 Å². The van der Waals surface area contributed by atoms with E-state index in [2.05, 4.69) is 20.9 Å². The molecule has 0 aliphatic carbocycles. The summed E-state index contributed by atoms with van der Waals surface area (Å²) in [6.07, 6.45) is -0.648. The van der Waals surface area contributed by atoms with Crippen LogP contribution in [0, 0.1) is 6.92 Å². The normalized spacial score (nSPS) is 12.7. The molecule has 15 heavy (non-hydrogen) atoms. The Morgan fingerprint density at radius 3 is 2.80 bits per heavy atom. The zero-order chi connectivity index (χ0) is 10.8. The van der Waals surface area contributed by atoms with Crippen LogP contribution < -0.4 is 0 Å². The molecule has 2 heterocycles. The van der Waals surface area contributed by atoms with E-state index in [1.165, 1.54) is 0 Å². The molecule has 0 radical (unpaired) electrons. The lowest BCUT2D eigenvalue weighted by Gasteiger charge is -2.09. The van der Waals surface area contributed by atoms with E-state index in [0.29, 0.717) is 5.69 Å². The van der Waals surface area contributed by atoms with Gasteiger partial charge in [0, 0.05) is 21.1 Å². The number of thiophene rings is 1. The first kappa shape index (κ1) is 10.8. The summed E-state index contributed by atoms with van der Waals surface area (Å²) in [5, 5.41) is 14.0. The first-order valence-corrected chi connectivity index (χ1v) is 6.25. The van der Waals surface area contributed by atoms with Crippen molar-refractivity contribution in [1.29, 1.82) is 0 Å². The van der Waals surface area contributed by atoms with E-state index >= 15 is 0 Å². The smallest absolute Gasteiger partial charge is 0.123 e. The third-order valence-electron chi connectivity index (χ3n) is 2.13. The predicted octanol–water partition coefficient (Wildman–Crippen LogP) is 3.30. The average molecular weight is 284 g/mol. The molecule has 2 rings (SSSR count). The second kappa shape index (κ2) is 4.43. The molecule has 0 saturated carbocycles. The topological polar surface area (TPSA) is 33.1 Å². The Bertz CT molecular complexity index is 469. The molecule has 4 heteroatoms. The minimum Gasteiger partial charge on any atom is -0.382 e. The maximum absolute atomic E-state index is 10.1. The van der Waals surface area contributed by atoms with Crippen molar-refractivity contribution in [3.8, 4) is 0 Å². The molecule has 0 saturated heterocycles. The molecule has 0 amide bonds. The highest BCUT2D eigenvalue weighted by Crippen LogP contribution is 2.30. The fourth-order valence-corrected chi connectivity index (χ4v) is 2.89. The summed E-state index contributed by atoms with van der Waals surface area (Å²) in [4.78, 5) is 4.30. The quantitative estimate of drug-likeness (QED) is 0.918. The van der Waals surface area contributed by atoms with Gasteiger partial charge in [0.2, 0.25) is 0 Å². The lowest BCUT2D eigenvalue weighted by Crippen LogP contribution is -2.02. The van der Waals surface area contributed by atoms with Gasteiger partial charge in [-0.3, -0.25) is 4.98 Å². The standard InChI is InChI=1S/C11H10BrNOS/c1-7-3-2-4-10(13-7)11(14)8-5-15-6-9(8)12/h2-6,11,14H,1H3. The first-order valence-electron chi connectivity index (χ1n) is 4.51. The van der Waals surface area contributed by atoms with Crippen LogP contribution in [0.25, 0.3) is 0 Å². The fraction of sp³-hybridized carbons (Fsp3) is 0.182. The zero-order valence-corrected chi connectivity index (χ0v) is 10.5. The highest BCUT2D eigenvalue weighted by molar-refractivity contribution is 9.10. The van der Waals surface area contributed by atoms with Crippen molar-refractivity contribution in [2.24, 2.45) is 0 Å². The van der Waals surface area contributed by atoms with Crippen LogP contribution in [0.1, 0.15) is 23.1 Å². The number of nitrogens with zero attached hydrogens (tertiary/aromatic N) is 1. The highest BCUT2D eigenvalue weighted by Gasteiger charge is 2.15. The molecule has 0 fully saturated rings. The van der Waals surface area contributed by atoms with Crippen molar-refractivity contribution in [1.82, 2.24) is 4.98 Å². The highest BCUT2D eigenvalue weighted by atomic mass is 79.9. The molecule has 2 nitrogen and oxygen atoms in total. The van der Waals surface area contributed by atoms with Gasteiger partial charge in [0.1, 0.15) is 6.10 Å². The number of hydrogen-bond donors (Lipinski definition) is 1. The number of aryl methyl sites for hydroxylation is 1. The SMILES string of the molecule is Cc1cccc(C(O)c2cscc2Br)n1. The van der Waals surface area contributed by atoms with E-state index in [-0.39, 0.29) is 0 Å². The Morgan fingerprint density at radius 2 is 2.20 bits per heavy atom. The molecular weight excluding hydrogens is 274 g/mol. The molecule has 0 aliphatic heterocycles. The molecule has 1 atom stereocenters. The van der Waals surface area contributed by atoms with Gasteiger partial charge in [-0.2, -0.15) is 11.3 Å². The summed E-state index contributed by atoms with van der Waals surface area (Å²) in [5.74, 6) is 0. The van der Waals surface area contributed by atoms with Crippen LogP contribution in [0.5, 0.6) is 0 Å². The van der Waals surface area contributed by atoms with Gasteiger partial charge in [-0.1, -0.05) is 6.07 Å². The van der Waals surface area contributed by atoms with E-state index in [1.54, 1.807) is 11.3 Å². The van der Waals surface area contributed by atoms with Crippen LogP contribution in [0.2, 0.25) is 0 Å². The third kappa shape index (κ3) is 2.27. The molecule has 0 aromatic carbocycles. The first-order chi connectivity index (χ1) is 7.18. The van der Waals surface area contributed by atoms with Crippen molar-refractivity contribution in [2.75, 3.05) is 0 Å². The van der Waals surface area contributed by atoms with Crippen LogP contribution >= 0.6 is 27.3 Å². The summed E-state index contributed by atoms with van der Waals surface area (Å²) < 4.78 is 0.934.